The van der Waals surface area contributed by atoms with Gasteiger partial charge < -0.3 is 14.2 Å². The molecule has 0 aliphatic carbocycles. The summed E-state index contributed by atoms with van der Waals surface area (Å²) in [5, 5.41) is 3.19. The first-order chi connectivity index (χ1) is 12.5. The van der Waals surface area contributed by atoms with Gasteiger partial charge in [0.15, 0.2) is 0 Å². The minimum absolute atomic E-state index is 0.117. The number of amides is 1. The molecule has 0 aliphatic rings. The zero-order valence-corrected chi connectivity index (χ0v) is 15.6. The maximum absolute atomic E-state index is 12.3. The van der Waals surface area contributed by atoms with Crippen LogP contribution in [0, 0.1) is 6.92 Å². The molecule has 0 radical (unpaired) electrons. The molecule has 3 aromatic rings. The average molecular weight is 393 g/mol. The highest BCUT2D eigenvalue weighted by molar-refractivity contribution is 7.84. The van der Waals surface area contributed by atoms with E-state index in [1.165, 1.54) is 6.26 Å². The lowest BCUT2D eigenvalue weighted by Gasteiger charge is -2.03. The van der Waals surface area contributed by atoms with Gasteiger partial charge in [-0.1, -0.05) is 23.7 Å². The number of oxazole rings is 1. The Bertz CT molecular complexity index is 921. The van der Waals surface area contributed by atoms with Crippen molar-refractivity contribution < 1.29 is 17.8 Å². The summed E-state index contributed by atoms with van der Waals surface area (Å²) in [4.78, 5) is 16.3. The Morgan fingerprint density at radius 2 is 2.08 bits per heavy atom. The predicted molar refractivity (Wildman–Crippen MR) is 99.0 cm³/mol. The van der Waals surface area contributed by atoms with Crippen LogP contribution < -0.4 is 5.32 Å². The SMILES string of the molecule is Cc1oc(-c2ccccc2Cl)nc1C[S@](=O)CC(=O)NCc1ccco1. The second kappa shape index (κ2) is 8.33. The van der Waals surface area contributed by atoms with Gasteiger partial charge in [0.25, 0.3) is 0 Å². The summed E-state index contributed by atoms with van der Waals surface area (Å²) < 4.78 is 23.0. The van der Waals surface area contributed by atoms with Gasteiger partial charge in [0.05, 0.1) is 34.8 Å². The molecule has 0 spiro atoms. The summed E-state index contributed by atoms with van der Waals surface area (Å²) in [5.41, 5.74) is 1.22. The summed E-state index contributed by atoms with van der Waals surface area (Å²) in [6.07, 6.45) is 1.53. The summed E-state index contributed by atoms with van der Waals surface area (Å²) in [6, 6.07) is 10.7. The first-order valence-corrected chi connectivity index (χ1v) is 9.75. The smallest absolute Gasteiger partial charge is 0.233 e. The van der Waals surface area contributed by atoms with Crippen LogP contribution in [0.5, 0.6) is 0 Å². The molecule has 26 heavy (non-hydrogen) atoms. The lowest BCUT2D eigenvalue weighted by molar-refractivity contribution is -0.118. The molecule has 0 unspecified atom stereocenters. The summed E-state index contributed by atoms with van der Waals surface area (Å²) >= 11 is 6.15. The molecular weight excluding hydrogens is 376 g/mol. The average Bonchev–Trinajstić information content (AvgIpc) is 3.24. The highest BCUT2D eigenvalue weighted by Gasteiger charge is 2.17. The highest BCUT2D eigenvalue weighted by Crippen LogP contribution is 2.28. The fraction of sp³-hybridized carbons (Fsp3) is 0.222. The Morgan fingerprint density at radius 1 is 1.27 bits per heavy atom. The Balaban J connectivity index is 1.59. The third-order valence-electron chi connectivity index (χ3n) is 3.63. The van der Waals surface area contributed by atoms with Gasteiger partial charge in [0.2, 0.25) is 11.8 Å². The second-order valence-corrected chi connectivity index (χ2v) is 7.45. The van der Waals surface area contributed by atoms with Gasteiger partial charge in [-0.25, -0.2) is 4.98 Å². The predicted octanol–water partition coefficient (Wildman–Crippen LogP) is 3.46. The number of furan rings is 1. The number of aryl methyl sites for hydroxylation is 1. The number of carbonyl (C=O) groups excluding carboxylic acids is 1. The molecule has 1 amide bonds. The maximum atomic E-state index is 12.3. The van der Waals surface area contributed by atoms with Crippen molar-refractivity contribution in [3.8, 4) is 11.5 Å². The first-order valence-electron chi connectivity index (χ1n) is 7.88. The Labute approximate surface area is 158 Å². The molecule has 136 valence electrons. The zero-order valence-electron chi connectivity index (χ0n) is 14.0. The number of carbonyl (C=O) groups is 1. The van der Waals surface area contributed by atoms with Crippen LogP contribution in [0.25, 0.3) is 11.5 Å². The molecule has 1 N–H and O–H groups in total. The van der Waals surface area contributed by atoms with E-state index < -0.39 is 10.8 Å². The van der Waals surface area contributed by atoms with Crippen LogP contribution in [0.2, 0.25) is 5.02 Å². The normalized spacial score (nSPS) is 12.1. The van der Waals surface area contributed by atoms with Gasteiger partial charge in [0, 0.05) is 10.8 Å². The molecule has 0 fully saturated rings. The van der Waals surface area contributed by atoms with E-state index in [2.05, 4.69) is 10.3 Å². The van der Waals surface area contributed by atoms with E-state index in [0.717, 1.165) is 0 Å². The quantitative estimate of drug-likeness (QED) is 0.665. The minimum atomic E-state index is -1.41. The van der Waals surface area contributed by atoms with Crippen LogP contribution in [0.3, 0.4) is 0 Å². The summed E-state index contributed by atoms with van der Waals surface area (Å²) in [7, 11) is -1.41. The number of rotatable bonds is 7. The lowest BCUT2D eigenvalue weighted by Crippen LogP contribution is -2.28. The van der Waals surface area contributed by atoms with Crippen molar-refractivity contribution in [1.29, 1.82) is 0 Å². The molecule has 0 bridgehead atoms. The van der Waals surface area contributed by atoms with Crippen LogP contribution in [-0.4, -0.2) is 20.9 Å². The molecule has 8 heteroatoms. The molecule has 1 atom stereocenters. The second-order valence-electron chi connectivity index (χ2n) is 5.59. The molecule has 1 aromatic carbocycles. The Hall–Kier alpha value is -2.38. The molecule has 2 aromatic heterocycles. The number of benzene rings is 1. The summed E-state index contributed by atoms with van der Waals surface area (Å²) in [6.45, 7) is 2.01. The van der Waals surface area contributed by atoms with Crippen molar-refractivity contribution in [1.82, 2.24) is 10.3 Å². The van der Waals surface area contributed by atoms with Crippen molar-refractivity contribution in [2.75, 3.05) is 5.75 Å². The van der Waals surface area contributed by atoms with E-state index in [1.54, 1.807) is 31.2 Å². The molecule has 3 rings (SSSR count). The van der Waals surface area contributed by atoms with Gasteiger partial charge in [-0.2, -0.15) is 0 Å². The van der Waals surface area contributed by atoms with E-state index in [-0.39, 0.29) is 24.0 Å². The minimum Gasteiger partial charge on any atom is -0.467 e. The van der Waals surface area contributed by atoms with E-state index >= 15 is 0 Å². The molecule has 0 aliphatic heterocycles. The Morgan fingerprint density at radius 3 is 2.81 bits per heavy atom. The van der Waals surface area contributed by atoms with Gasteiger partial charge in [-0.15, -0.1) is 0 Å². The zero-order chi connectivity index (χ0) is 18.5. The number of nitrogens with zero attached hydrogens (tertiary/aromatic N) is 1. The molecular formula is C18H17ClN2O4S. The standard InChI is InChI=1S/C18H17ClN2O4S/c1-12-16(21-18(25-12)14-6-2-3-7-15(14)19)10-26(23)11-17(22)20-9-13-5-4-8-24-13/h2-8H,9-11H2,1H3,(H,20,22)/t26-/m0/s1. The first kappa shape index (κ1) is 18.4. The van der Waals surface area contributed by atoms with Crippen molar-refractivity contribution in [3.63, 3.8) is 0 Å². The van der Waals surface area contributed by atoms with Gasteiger partial charge in [-0.3, -0.25) is 9.00 Å². The number of hydrogen-bond acceptors (Lipinski definition) is 5. The van der Waals surface area contributed by atoms with E-state index in [1.807, 2.05) is 12.1 Å². The van der Waals surface area contributed by atoms with Gasteiger partial charge in [0.1, 0.15) is 17.3 Å². The molecule has 6 nitrogen and oxygen atoms in total. The molecule has 0 saturated carbocycles. The van der Waals surface area contributed by atoms with E-state index in [9.17, 15) is 9.00 Å². The number of halogens is 1. The third kappa shape index (κ3) is 4.62. The molecule has 2 heterocycles. The monoisotopic (exact) mass is 392 g/mol. The van der Waals surface area contributed by atoms with Gasteiger partial charge in [-0.05, 0) is 31.2 Å². The van der Waals surface area contributed by atoms with E-state index in [4.69, 9.17) is 20.4 Å². The maximum Gasteiger partial charge on any atom is 0.233 e. The van der Waals surface area contributed by atoms with Crippen LogP contribution in [0.15, 0.2) is 51.5 Å². The Kier molecular flexibility index (Phi) is 5.90. The van der Waals surface area contributed by atoms with Crippen LogP contribution in [-0.2, 0) is 27.9 Å². The van der Waals surface area contributed by atoms with Crippen LogP contribution in [0.4, 0.5) is 0 Å². The topological polar surface area (TPSA) is 85.3 Å². The summed E-state index contributed by atoms with van der Waals surface area (Å²) in [5.74, 6) is 1.28. The highest BCUT2D eigenvalue weighted by atomic mass is 35.5. The number of nitrogens with one attached hydrogen (secondary N) is 1. The fourth-order valence-corrected chi connectivity index (χ4v) is 3.60. The lowest BCUT2D eigenvalue weighted by atomic mass is 10.2. The van der Waals surface area contributed by atoms with Gasteiger partial charge >= 0.3 is 0 Å². The van der Waals surface area contributed by atoms with Crippen molar-refractivity contribution in [2.24, 2.45) is 0 Å². The van der Waals surface area contributed by atoms with E-state index in [0.29, 0.717) is 33.7 Å². The van der Waals surface area contributed by atoms with Crippen LogP contribution >= 0.6 is 11.6 Å². The molecule has 0 saturated heterocycles. The number of hydrogen-bond donors (Lipinski definition) is 1. The fourth-order valence-electron chi connectivity index (χ4n) is 2.31. The number of aromatic nitrogens is 1. The van der Waals surface area contributed by atoms with Crippen molar-refractivity contribution in [3.05, 3.63) is 64.9 Å². The van der Waals surface area contributed by atoms with Crippen LogP contribution in [0.1, 0.15) is 17.2 Å². The largest absolute Gasteiger partial charge is 0.467 e. The van der Waals surface area contributed by atoms with Crippen molar-refractivity contribution >= 4 is 28.3 Å². The third-order valence-corrected chi connectivity index (χ3v) is 5.14. The van der Waals surface area contributed by atoms with Crippen molar-refractivity contribution in [2.45, 2.75) is 19.2 Å².